The Morgan fingerprint density at radius 1 is 1.48 bits per heavy atom. The molecule has 0 aromatic carbocycles. The summed E-state index contributed by atoms with van der Waals surface area (Å²) < 4.78 is 7.20. The van der Waals surface area contributed by atoms with Crippen molar-refractivity contribution in [1.82, 2.24) is 24.9 Å². The Morgan fingerprint density at radius 3 is 3.04 bits per heavy atom. The Kier molecular flexibility index (Phi) is 4.64. The zero-order valence-corrected chi connectivity index (χ0v) is 13.7. The zero-order valence-electron chi connectivity index (χ0n) is 13.7. The predicted molar refractivity (Wildman–Crippen MR) is 84.6 cm³/mol. The van der Waals surface area contributed by atoms with Gasteiger partial charge in [-0.25, -0.2) is 4.79 Å². The van der Waals surface area contributed by atoms with Gasteiger partial charge in [0.1, 0.15) is 0 Å². The van der Waals surface area contributed by atoms with E-state index in [2.05, 4.69) is 26.1 Å². The van der Waals surface area contributed by atoms with Crippen LogP contribution in [0.5, 0.6) is 0 Å². The number of hydrogen-bond acceptors (Lipinski definition) is 4. The maximum atomic E-state index is 12.6. The van der Waals surface area contributed by atoms with Crippen LogP contribution >= 0.6 is 0 Å². The third-order valence-corrected chi connectivity index (χ3v) is 4.31. The van der Waals surface area contributed by atoms with Crippen LogP contribution in [0.3, 0.4) is 0 Å². The minimum Gasteiger partial charge on any atom is -0.353 e. The summed E-state index contributed by atoms with van der Waals surface area (Å²) in [5.74, 6) is 1.11. The Bertz CT molecular complexity index is 663. The van der Waals surface area contributed by atoms with Gasteiger partial charge in [-0.05, 0) is 31.4 Å². The fourth-order valence-corrected chi connectivity index (χ4v) is 3.06. The number of nitrogens with zero attached hydrogens (tertiary/aromatic N) is 4. The molecule has 1 atom stereocenters. The second kappa shape index (κ2) is 6.85. The summed E-state index contributed by atoms with van der Waals surface area (Å²) in [4.78, 5) is 18.7. The fraction of sp³-hybridized carbons (Fsp3) is 0.562. The second-order valence-corrected chi connectivity index (χ2v) is 5.87. The molecule has 2 aromatic heterocycles. The van der Waals surface area contributed by atoms with Gasteiger partial charge >= 0.3 is 6.03 Å². The quantitative estimate of drug-likeness (QED) is 0.939. The number of carbonyl (C=O) groups excluding carboxylic acids is 1. The van der Waals surface area contributed by atoms with Crippen molar-refractivity contribution in [3.63, 3.8) is 0 Å². The highest BCUT2D eigenvalue weighted by atomic mass is 16.5. The third-order valence-electron chi connectivity index (χ3n) is 4.31. The van der Waals surface area contributed by atoms with E-state index in [1.165, 1.54) is 5.69 Å². The molecule has 7 heteroatoms. The molecule has 1 aliphatic rings. The van der Waals surface area contributed by atoms with Crippen LogP contribution in [0.2, 0.25) is 0 Å². The molecule has 1 N–H and O–H groups in total. The highest BCUT2D eigenvalue weighted by molar-refractivity contribution is 5.74. The first-order valence-corrected chi connectivity index (χ1v) is 8.16. The van der Waals surface area contributed by atoms with Gasteiger partial charge in [0.25, 0.3) is 0 Å². The molecule has 3 rings (SSSR count). The number of likely N-dealkylation sites (tertiary alicyclic amines) is 1. The van der Waals surface area contributed by atoms with Crippen molar-refractivity contribution in [2.45, 2.75) is 45.2 Å². The Hall–Kier alpha value is -2.31. The molecule has 0 radical (unpaired) electrons. The molecule has 2 amide bonds. The number of amides is 2. The van der Waals surface area contributed by atoms with E-state index < -0.39 is 0 Å². The maximum absolute atomic E-state index is 12.6. The molecule has 3 heterocycles. The highest BCUT2D eigenvalue weighted by Crippen LogP contribution is 2.30. The number of nitrogens with one attached hydrogen (secondary N) is 1. The Labute approximate surface area is 135 Å². The SMILES string of the molecule is CCc1noc(CNC(=O)N2CCCCC2c2cccn2C)n1. The van der Waals surface area contributed by atoms with Crippen molar-refractivity contribution in [3.8, 4) is 0 Å². The first-order valence-electron chi connectivity index (χ1n) is 8.16. The molecular weight excluding hydrogens is 294 g/mol. The molecule has 1 aliphatic heterocycles. The van der Waals surface area contributed by atoms with E-state index in [-0.39, 0.29) is 18.6 Å². The van der Waals surface area contributed by atoms with E-state index in [1.807, 2.05) is 31.1 Å². The summed E-state index contributed by atoms with van der Waals surface area (Å²) >= 11 is 0. The number of carbonyl (C=O) groups is 1. The molecule has 124 valence electrons. The van der Waals surface area contributed by atoms with E-state index in [4.69, 9.17) is 4.52 Å². The molecule has 23 heavy (non-hydrogen) atoms. The third kappa shape index (κ3) is 3.38. The lowest BCUT2D eigenvalue weighted by Gasteiger charge is -2.36. The van der Waals surface area contributed by atoms with E-state index in [0.717, 1.165) is 32.2 Å². The second-order valence-electron chi connectivity index (χ2n) is 5.87. The smallest absolute Gasteiger partial charge is 0.318 e. The standard InChI is InChI=1S/C16H23N5O2/c1-3-14-18-15(23-19-14)11-17-16(22)21-10-5-4-7-13(21)12-8-6-9-20(12)2/h6,8-9,13H,3-5,7,10-11H2,1-2H3,(H,17,22). The first kappa shape index (κ1) is 15.6. The fourth-order valence-electron chi connectivity index (χ4n) is 3.06. The average Bonchev–Trinajstić information content (AvgIpc) is 3.21. The lowest BCUT2D eigenvalue weighted by molar-refractivity contribution is 0.147. The van der Waals surface area contributed by atoms with E-state index in [9.17, 15) is 4.79 Å². The predicted octanol–water partition coefficient (Wildman–Crippen LogP) is 2.41. The number of piperidine rings is 1. The number of aromatic nitrogens is 3. The van der Waals surface area contributed by atoms with Crippen LogP contribution < -0.4 is 5.32 Å². The summed E-state index contributed by atoms with van der Waals surface area (Å²) in [6.07, 6.45) is 5.91. The number of urea groups is 1. The van der Waals surface area contributed by atoms with Crippen molar-refractivity contribution in [2.75, 3.05) is 6.54 Å². The molecule has 1 unspecified atom stereocenters. The molecular formula is C16H23N5O2. The first-order chi connectivity index (χ1) is 11.2. The van der Waals surface area contributed by atoms with Crippen LogP contribution in [0.4, 0.5) is 4.79 Å². The summed E-state index contributed by atoms with van der Waals surface area (Å²) in [6.45, 7) is 3.00. The van der Waals surface area contributed by atoms with Crippen molar-refractivity contribution >= 4 is 6.03 Å². The molecule has 0 saturated carbocycles. The number of aryl methyl sites for hydroxylation is 2. The average molecular weight is 317 g/mol. The topological polar surface area (TPSA) is 76.2 Å². The van der Waals surface area contributed by atoms with E-state index in [0.29, 0.717) is 11.7 Å². The molecule has 2 aromatic rings. The van der Waals surface area contributed by atoms with Crippen LogP contribution in [-0.4, -0.2) is 32.2 Å². The molecule has 0 spiro atoms. The van der Waals surface area contributed by atoms with Crippen LogP contribution in [0.1, 0.15) is 49.6 Å². The maximum Gasteiger partial charge on any atom is 0.318 e. The van der Waals surface area contributed by atoms with Gasteiger partial charge in [-0.15, -0.1) is 0 Å². The summed E-state index contributed by atoms with van der Waals surface area (Å²) in [5.41, 5.74) is 1.17. The van der Waals surface area contributed by atoms with Crippen LogP contribution in [0.25, 0.3) is 0 Å². The molecule has 7 nitrogen and oxygen atoms in total. The Balaban J connectivity index is 1.65. The highest BCUT2D eigenvalue weighted by Gasteiger charge is 2.29. The van der Waals surface area contributed by atoms with Gasteiger partial charge in [-0.2, -0.15) is 4.98 Å². The van der Waals surface area contributed by atoms with Crippen molar-refractivity contribution in [3.05, 3.63) is 35.7 Å². The van der Waals surface area contributed by atoms with E-state index >= 15 is 0 Å². The summed E-state index contributed by atoms with van der Waals surface area (Å²) in [6, 6.07) is 4.15. The van der Waals surface area contributed by atoms with Crippen molar-refractivity contribution in [1.29, 1.82) is 0 Å². The van der Waals surface area contributed by atoms with Crippen LogP contribution in [-0.2, 0) is 20.0 Å². The minimum atomic E-state index is -0.0767. The zero-order chi connectivity index (χ0) is 16.2. The van der Waals surface area contributed by atoms with Gasteiger partial charge in [0.05, 0.1) is 12.6 Å². The Morgan fingerprint density at radius 2 is 2.35 bits per heavy atom. The molecule has 0 bridgehead atoms. The van der Waals surface area contributed by atoms with Gasteiger partial charge in [0.2, 0.25) is 5.89 Å². The minimum absolute atomic E-state index is 0.0767. The molecule has 1 fully saturated rings. The van der Waals surface area contributed by atoms with Crippen LogP contribution in [0.15, 0.2) is 22.9 Å². The molecule has 0 aliphatic carbocycles. The number of hydrogen-bond donors (Lipinski definition) is 1. The van der Waals surface area contributed by atoms with Gasteiger partial charge in [0.15, 0.2) is 5.82 Å². The summed E-state index contributed by atoms with van der Waals surface area (Å²) in [5, 5.41) is 6.74. The van der Waals surface area contributed by atoms with E-state index in [1.54, 1.807) is 0 Å². The molecule has 1 saturated heterocycles. The normalized spacial score (nSPS) is 18.2. The van der Waals surface area contributed by atoms with Gasteiger partial charge in [-0.1, -0.05) is 12.1 Å². The van der Waals surface area contributed by atoms with Gasteiger partial charge < -0.3 is 19.3 Å². The lowest BCUT2D eigenvalue weighted by atomic mass is 10.00. The number of rotatable bonds is 4. The van der Waals surface area contributed by atoms with Crippen molar-refractivity contribution in [2.24, 2.45) is 7.05 Å². The largest absolute Gasteiger partial charge is 0.353 e. The van der Waals surface area contributed by atoms with Gasteiger partial charge in [0, 0.05) is 31.9 Å². The van der Waals surface area contributed by atoms with Gasteiger partial charge in [-0.3, -0.25) is 0 Å². The lowest BCUT2D eigenvalue weighted by Crippen LogP contribution is -2.44. The summed E-state index contributed by atoms with van der Waals surface area (Å²) in [7, 11) is 2.02. The monoisotopic (exact) mass is 317 g/mol. The van der Waals surface area contributed by atoms with Crippen LogP contribution in [0, 0.1) is 0 Å². The van der Waals surface area contributed by atoms with Crippen molar-refractivity contribution < 1.29 is 9.32 Å².